The Hall–Kier alpha value is -3.68. The van der Waals surface area contributed by atoms with Crippen molar-refractivity contribution in [2.24, 2.45) is 0 Å². The van der Waals surface area contributed by atoms with Gasteiger partial charge in [0.05, 0.1) is 0 Å². The van der Waals surface area contributed by atoms with Crippen molar-refractivity contribution in [1.29, 1.82) is 0 Å². The minimum atomic E-state index is -0.299. The molecule has 8 heteroatoms. The van der Waals surface area contributed by atoms with Gasteiger partial charge in [-0.25, -0.2) is 4.39 Å². The Labute approximate surface area is 192 Å². The van der Waals surface area contributed by atoms with E-state index >= 15 is 0 Å². The molecule has 0 N–H and O–H groups in total. The second-order valence-electron chi connectivity index (χ2n) is 8.46. The Bertz CT molecular complexity index is 1140. The summed E-state index contributed by atoms with van der Waals surface area (Å²) in [6, 6.07) is 18.0. The number of carbonyl (C=O) groups excluding carboxylic acids is 2. The van der Waals surface area contributed by atoms with E-state index in [-0.39, 0.29) is 17.6 Å². The Balaban J connectivity index is 1.27. The van der Waals surface area contributed by atoms with Gasteiger partial charge >= 0.3 is 0 Å². The number of amides is 2. The minimum absolute atomic E-state index is 0.138. The summed E-state index contributed by atoms with van der Waals surface area (Å²) in [4.78, 5) is 32.1. The Morgan fingerprint density at radius 3 is 2.36 bits per heavy atom. The number of rotatable bonds is 4. The monoisotopic (exact) mass is 447 g/mol. The fraction of sp³-hybridized carbons (Fsp3) is 0.320. The van der Waals surface area contributed by atoms with Gasteiger partial charge in [-0.2, -0.15) is 5.10 Å². The number of carbonyl (C=O) groups is 2. The number of halogens is 1. The average Bonchev–Trinajstić information content (AvgIpc) is 3.23. The zero-order valence-electron chi connectivity index (χ0n) is 18.4. The van der Waals surface area contributed by atoms with Gasteiger partial charge in [-0.05, 0) is 36.2 Å². The molecule has 0 unspecified atom stereocenters. The first-order valence-corrected chi connectivity index (χ1v) is 11.3. The van der Waals surface area contributed by atoms with E-state index in [0.29, 0.717) is 44.1 Å². The Kier molecular flexibility index (Phi) is 5.81. The highest BCUT2D eigenvalue weighted by molar-refractivity contribution is 5.98. The van der Waals surface area contributed by atoms with Crippen LogP contribution in [0.2, 0.25) is 0 Å². The lowest BCUT2D eigenvalue weighted by Gasteiger charge is -2.35. The van der Waals surface area contributed by atoms with Crippen molar-refractivity contribution in [3.63, 3.8) is 0 Å². The van der Waals surface area contributed by atoms with Crippen LogP contribution in [0.1, 0.15) is 33.0 Å². The highest BCUT2D eigenvalue weighted by Gasteiger charge is 2.29. The normalized spacial score (nSPS) is 16.5. The molecule has 1 aromatic heterocycles. The van der Waals surface area contributed by atoms with Crippen LogP contribution in [0.25, 0.3) is 0 Å². The number of aromatic nitrogens is 2. The second kappa shape index (κ2) is 9.05. The topological polar surface area (TPSA) is 61.7 Å². The SMILES string of the molecule is O=C(c1cc2n(n1)CCCN(Cc1ccc(F)cc1)C2=O)N1CCN(c2ccccc2)CC1. The quantitative estimate of drug-likeness (QED) is 0.617. The van der Waals surface area contributed by atoms with E-state index in [1.807, 2.05) is 23.1 Å². The Morgan fingerprint density at radius 2 is 1.64 bits per heavy atom. The molecule has 2 aromatic carbocycles. The number of nitrogens with zero attached hydrogens (tertiary/aromatic N) is 5. The molecular weight excluding hydrogens is 421 g/mol. The smallest absolute Gasteiger partial charge is 0.274 e. The molecule has 1 fully saturated rings. The van der Waals surface area contributed by atoms with Gasteiger partial charge < -0.3 is 14.7 Å². The first kappa shape index (κ1) is 21.2. The maximum atomic E-state index is 13.2. The standard InChI is InChI=1S/C25H26FN5O2/c26-20-9-7-19(8-10-20)18-30-11-4-12-31-23(25(30)33)17-22(27-31)24(32)29-15-13-28(14-16-29)21-5-2-1-3-6-21/h1-3,5-10,17H,4,11-16,18H2. The largest absolute Gasteiger partial charge is 0.368 e. The van der Waals surface area contributed by atoms with Gasteiger partial charge in [0.1, 0.15) is 11.5 Å². The van der Waals surface area contributed by atoms with Gasteiger partial charge in [-0.3, -0.25) is 14.3 Å². The van der Waals surface area contributed by atoms with Crippen LogP contribution in [-0.2, 0) is 13.1 Å². The molecule has 0 aliphatic carbocycles. The van der Waals surface area contributed by atoms with Crippen molar-refractivity contribution in [2.45, 2.75) is 19.5 Å². The van der Waals surface area contributed by atoms with Crippen LogP contribution < -0.4 is 4.90 Å². The molecule has 0 spiro atoms. The molecule has 33 heavy (non-hydrogen) atoms. The third-order valence-corrected chi connectivity index (χ3v) is 6.28. The van der Waals surface area contributed by atoms with Crippen LogP contribution in [0.15, 0.2) is 60.7 Å². The second-order valence-corrected chi connectivity index (χ2v) is 8.46. The van der Waals surface area contributed by atoms with Gasteiger partial charge in [0.2, 0.25) is 0 Å². The highest BCUT2D eigenvalue weighted by Crippen LogP contribution is 2.20. The summed E-state index contributed by atoms with van der Waals surface area (Å²) in [5.74, 6) is -0.592. The molecule has 0 atom stereocenters. The van der Waals surface area contributed by atoms with Crippen molar-refractivity contribution in [1.82, 2.24) is 19.6 Å². The lowest BCUT2D eigenvalue weighted by Crippen LogP contribution is -2.48. The van der Waals surface area contributed by atoms with Crippen LogP contribution in [0.5, 0.6) is 0 Å². The Morgan fingerprint density at radius 1 is 0.909 bits per heavy atom. The van der Waals surface area contributed by atoms with Crippen molar-refractivity contribution >= 4 is 17.5 Å². The van der Waals surface area contributed by atoms with E-state index in [9.17, 15) is 14.0 Å². The molecule has 0 saturated carbocycles. The summed E-state index contributed by atoms with van der Waals surface area (Å²) in [7, 11) is 0. The molecule has 1 saturated heterocycles. The van der Waals surface area contributed by atoms with Gasteiger partial charge in [0.15, 0.2) is 5.69 Å². The van der Waals surface area contributed by atoms with Gasteiger partial charge in [-0.1, -0.05) is 30.3 Å². The van der Waals surface area contributed by atoms with E-state index in [1.54, 1.807) is 27.8 Å². The molecule has 3 aromatic rings. The van der Waals surface area contributed by atoms with Crippen LogP contribution in [0.3, 0.4) is 0 Å². The number of hydrogen-bond donors (Lipinski definition) is 0. The molecule has 7 nitrogen and oxygen atoms in total. The van der Waals surface area contributed by atoms with Crippen molar-refractivity contribution in [2.75, 3.05) is 37.6 Å². The molecule has 2 aliphatic rings. The predicted octanol–water partition coefficient (Wildman–Crippen LogP) is 3.03. The predicted molar refractivity (Wildman–Crippen MR) is 123 cm³/mol. The maximum absolute atomic E-state index is 13.2. The number of fused-ring (bicyclic) bond motifs is 1. The van der Waals surface area contributed by atoms with E-state index in [4.69, 9.17) is 0 Å². The molecule has 3 heterocycles. The van der Waals surface area contributed by atoms with Crippen LogP contribution >= 0.6 is 0 Å². The average molecular weight is 448 g/mol. The van der Waals surface area contributed by atoms with E-state index < -0.39 is 0 Å². The third-order valence-electron chi connectivity index (χ3n) is 6.28. The number of para-hydroxylation sites is 1. The number of piperazine rings is 1. The zero-order valence-corrected chi connectivity index (χ0v) is 18.4. The molecule has 0 bridgehead atoms. The van der Waals surface area contributed by atoms with E-state index in [1.165, 1.54) is 12.1 Å². The summed E-state index contributed by atoms with van der Waals surface area (Å²) < 4.78 is 14.9. The summed E-state index contributed by atoms with van der Waals surface area (Å²) >= 11 is 0. The van der Waals surface area contributed by atoms with Gasteiger partial charge in [0, 0.05) is 57.6 Å². The molecular formula is C25H26FN5O2. The maximum Gasteiger partial charge on any atom is 0.274 e. The lowest BCUT2D eigenvalue weighted by atomic mass is 10.2. The van der Waals surface area contributed by atoms with Crippen molar-refractivity contribution < 1.29 is 14.0 Å². The third kappa shape index (κ3) is 4.46. The first-order valence-electron chi connectivity index (χ1n) is 11.3. The number of aryl methyl sites for hydroxylation is 1. The van der Waals surface area contributed by atoms with Crippen LogP contribution in [0.4, 0.5) is 10.1 Å². The molecule has 2 amide bonds. The number of hydrogen-bond acceptors (Lipinski definition) is 4. The fourth-order valence-corrected chi connectivity index (χ4v) is 4.47. The van der Waals surface area contributed by atoms with Crippen molar-refractivity contribution in [3.05, 3.63) is 83.4 Å². The van der Waals surface area contributed by atoms with E-state index in [0.717, 1.165) is 30.8 Å². The van der Waals surface area contributed by atoms with Crippen molar-refractivity contribution in [3.8, 4) is 0 Å². The van der Waals surface area contributed by atoms with E-state index in [2.05, 4.69) is 22.1 Å². The molecule has 5 rings (SSSR count). The minimum Gasteiger partial charge on any atom is -0.368 e. The summed E-state index contributed by atoms with van der Waals surface area (Å²) in [5.41, 5.74) is 2.77. The molecule has 0 radical (unpaired) electrons. The number of anilines is 1. The van der Waals surface area contributed by atoms with Gasteiger partial charge in [0.25, 0.3) is 11.8 Å². The fourth-order valence-electron chi connectivity index (χ4n) is 4.47. The number of benzene rings is 2. The molecule has 2 aliphatic heterocycles. The highest BCUT2D eigenvalue weighted by atomic mass is 19.1. The molecule has 170 valence electrons. The van der Waals surface area contributed by atoms with Gasteiger partial charge in [-0.15, -0.1) is 0 Å². The lowest BCUT2D eigenvalue weighted by molar-refractivity contribution is 0.0738. The zero-order chi connectivity index (χ0) is 22.8. The van der Waals surface area contributed by atoms with Crippen LogP contribution in [0, 0.1) is 5.82 Å². The summed E-state index contributed by atoms with van der Waals surface area (Å²) in [6.07, 6.45) is 0.741. The first-order chi connectivity index (χ1) is 16.1. The van der Waals surface area contributed by atoms with Crippen LogP contribution in [-0.4, -0.2) is 64.1 Å². The summed E-state index contributed by atoms with van der Waals surface area (Å²) in [6.45, 7) is 4.30. The summed E-state index contributed by atoms with van der Waals surface area (Å²) in [5, 5.41) is 4.48.